The number of imide groups is 1. The molecule has 8 heteroatoms. The zero-order valence-corrected chi connectivity index (χ0v) is 17.6. The molecule has 0 aromatic heterocycles. The highest BCUT2D eigenvalue weighted by molar-refractivity contribution is 6.42. The topological polar surface area (TPSA) is 78.5 Å². The van der Waals surface area contributed by atoms with Gasteiger partial charge < -0.3 is 10.6 Å². The van der Waals surface area contributed by atoms with E-state index in [0.717, 1.165) is 18.4 Å². The number of urea groups is 1. The van der Waals surface area contributed by atoms with Gasteiger partial charge in [-0.3, -0.25) is 14.5 Å². The van der Waals surface area contributed by atoms with Crippen LogP contribution < -0.4 is 10.6 Å². The minimum Gasteiger partial charge on any atom is -0.347 e. The average Bonchev–Trinajstić information content (AvgIpc) is 3.17. The molecule has 2 aliphatic rings. The number of benzene rings is 1. The lowest BCUT2D eigenvalue weighted by Crippen LogP contribution is -2.44. The molecule has 0 bridgehead atoms. The molecule has 3 rings (SSSR count). The fraction of sp³-hybridized carbons (Fsp3) is 0.550. The van der Waals surface area contributed by atoms with Crippen LogP contribution in [0.25, 0.3) is 0 Å². The minimum atomic E-state index is -0.699. The van der Waals surface area contributed by atoms with E-state index in [9.17, 15) is 14.4 Å². The SMILES string of the molecule is CC(C)(NC(=O)CCCN1C(=O)NC2(CCCC2)C1=O)c1ccc(Cl)c(Cl)c1. The molecule has 1 aliphatic carbocycles. The minimum absolute atomic E-state index is 0.147. The molecular formula is C20H25Cl2N3O3. The van der Waals surface area contributed by atoms with Crippen molar-refractivity contribution >= 4 is 41.0 Å². The van der Waals surface area contributed by atoms with E-state index in [1.807, 2.05) is 19.9 Å². The van der Waals surface area contributed by atoms with E-state index in [0.29, 0.717) is 29.3 Å². The van der Waals surface area contributed by atoms with Crippen LogP contribution in [0.1, 0.15) is 57.9 Å². The van der Waals surface area contributed by atoms with Gasteiger partial charge in [-0.05, 0) is 50.8 Å². The average molecular weight is 426 g/mol. The first-order valence-electron chi connectivity index (χ1n) is 9.55. The third-order valence-electron chi connectivity index (χ3n) is 5.58. The Balaban J connectivity index is 1.52. The highest BCUT2D eigenvalue weighted by Gasteiger charge is 2.52. The summed E-state index contributed by atoms with van der Waals surface area (Å²) in [6, 6.07) is 4.91. The zero-order chi connectivity index (χ0) is 20.5. The van der Waals surface area contributed by atoms with E-state index in [-0.39, 0.29) is 30.8 Å². The Hall–Kier alpha value is -1.79. The van der Waals surface area contributed by atoms with Crippen molar-refractivity contribution in [1.29, 1.82) is 0 Å². The Morgan fingerprint density at radius 1 is 1.21 bits per heavy atom. The van der Waals surface area contributed by atoms with Crippen LogP contribution in [0.5, 0.6) is 0 Å². The molecule has 0 radical (unpaired) electrons. The first-order chi connectivity index (χ1) is 13.1. The highest BCUT2D eigenvalue weighted by Crippen LogP contribution is 2.35. The number of hydrogen-bond acceptors (Lipinski definition) is 3. The Bertz CT molecular complexity index is 804. The third kappa shape index (κ3) is 4.13. The molecular weight excluding hydrogens is 401 g/mol. The van der Waals surface area contributed by atoms with Gasteiger partial charge in [-0.1, -0.05) is 42.1 Å². The molecule has 1 aromatic carbocycles. The summed E-state index contributed by atoms with van der Waals surface area (Å²) < 4.78 is 0. The molecule has 1 spiro atoms. The van der Waals surface area contributed by atoms with Gasteiger partial charge in [0.2, 0.25) is 5.91 Å². The smallest absolute Gasteiger partial charge is 0.325 e. The van der Waals surface area contributed by atoms with Crippen molar-refractivity contribution in [2.75, 3.05) is 6.54 Å². The Morgan fingerprint density at radius 2 is 1.89 bits per heavy atom. The van der Waals surface area contributed by atoms with Gasteiger partial charge in [0.15, 0.2) is 0 Å². The molecule has 152 valence electrons. The Morgan fingerprint density at radius 3 is 2.54 bits per heavy atom. The number of hydrogen-bond donors (Lipinski definition) is 2. The monoisotopic (exact) mass is 425 g/mol. The first kappa shape index (κ1) is 20.9. The Labute approximate surface area is 174 Å². The molecule has 1 aliphatic heterocycles. The maximum Gasteiger partial charge on any atom is 0.325 e. The summed E-state index contributed by atoms with van der Waals surface area (Å²) in [6.07, 6.45) is 3.93. The van der Waals surface area contributed by atoms with Crippen molar-refractivity contribution in [1.82, 2.24) is 15.5 Å². The predicted octanol–water partition coefficient (Wildman–Crippen LogP) is 3.99. The van der Waals surface area contributed by atoms with Crippen LogP contribution in [0.3, 0.4) is 0 Å². The number of nitrogens with zero attached hydrogens (tertiary/aromatic N) is 1. The summed E-state index contributed by atoms with van der Waals surface area (Å²) in [5, 5.41) is 6.71. The van der Waals surface area contributed by atoms with Crippen molar-refractivity contribution in [3.05, 3.63) is 33.8 Å². The van der Waals surface area contributed by atoms with E-state index in [4.69, 9.17) is 23.2 Å². The fourth-order valence-corrected chi connectivity index (χ4v) is 4.26. The van der Waals surface area contributed by atoms with Gasteiger partial charge in [-0.15, -0.1) is 0 Å². The van der Waals surface area contributed by atoms with Gasteiger partial charge in [-0.25, -0.2) is 4.79 Å². The number of amides is 4. The van der Waals surface area contributed by atoms with E-state index < -0.39 is 11.1 Å². The number of rotatable bonds is 6. The molecule has 1 heterocycles. The zero-order valence-electron chi connectivity index (χ0n) is 16.1. The molecule has 28 heavy (non-hydrogen) atoms. The van der Waals surface area contributed by atoms with Crippen molar-refractivity contribution in [2.24, 2.45) is 0 Å². The molecule has 0 atom stereocenters. The van der Waals surface area contributed by atoms with Crippen LogP contribution in [0.4, 0.5) is 4.79 Å². The summed E-state index contributed by atoms with van der Waals surface area (Å²) in [7, 11) is 0. The van der Waals surface area contributed by atoms with Crippen LogP contribution in [0, 0.1) is 0 Å². The van der Waals surface area contributed by atoms with Crippen molar-refractivity contribution < 1.29 is 14.4 Å². The van der Waals surface area contributed by atoms with Crippen LogP contribution >= 0.6 is 23.2 Å². The van der Waals surface area contributed by atoms with Gasteiger partial charge in [-0.2, -0.15) is 0 Å². The molecule has 2 N–H and O–H groups in total. The summed E-state index contributed by atoms with van der Waals surface area (Å²) >= 11 is 12.0. The standard InChI is InChI=1S/C20H25Cl2N3O3/c1-19(2,13-7-8-14(21)15(22)12-13)23-16(26)6-5-11-25-17(27)20(24-18(25)28)9-3-4-10-20/h7-8,12H,3-6,9-11H2,1-2H3,(H,23,26)(H,24,28). The molecule has 6 nitrogen and oxygen atoms in total. The highest BCUT2D eigenvalue weighted by atomic mass is 35.5. The van der Waals surface area contributed by atoms with Crippen LogP contribution in [-0.4, -0.2) is 34.8 Å². The number of halogens is 2. The molecule has 1 saturated heterocycles. The van der Waals surface area contributed by atoms with E-state index in [1.54, 1.807) is 12.1 Å². The third-order valence-corrected chi connectivity index (χ3v) is 6.32. The number of carbonyl (C=O) groups excluding carboxylic acids is 3. The first-order valence-corrected chi connectivity index (χ1v) is 10.3. The second kappa shape index (κ2) is 7.91. The van der Waals surface area contributed by atoms with E-state index >= 15 is 0 Å². The fourth-order valence-electron chi connectivity index (χ4n) is 3.96. The lowest BCUT2D eigenvalue weighted by Gasteiger charge is -2.27. The number of nitrogens with one attached hydrogen (secondary N) is 2. The number of carbonyl (C=O) groups is 3. The van der Waals surface area contributed by atoms with E-state index in [2.05, 4.69) is 10.6 Å². The van der Waals surface area contributed by atoms with Gasteiger partial charge in [0.25, 0.3) is 5.91 Å². The molecule has 4 amide bonds. The maximum absolute atomic E-state index is 12.6. The Kier molecular flexibility index (Phi) is 5.92. The summed E-state index contributed by atoms with van der Waals surface area (Å²) in [5.41, 5.74) is -0.484. The van der Waals surface area contributed by atoms with Gasteiger partial charge in [0, 0.05) is 13.0 Å². The largest absolute Gasteiger partial charge is 0.347 e. The quantitative estimate of drug-likeness (QED) is 0.676. The lowest BCUT2D eigenvalue weighted by atomic mass is 9.94. The molecule has 2 fully saturated rings. The molecule has 0 unspecified atom stereocenters. The summed E-state index contributed by atoms with van der Waals surface area (Å²) in [4.78, 5) is 38.4. The van der Waals surface area contributed by atoms with Crippen LogP contribution in [-0.2, 0) is 15.1 Å². The summed E-state index contributed by atoms with van der Waals surface area (Å²) in [6.45, 7) is 4.00. The molecule has 1 saturated carbocycles. The second-order valence-corrected chi connectivity index (χ2v) is 8.90. The van der Waals surface area contributed by atoms with E-state index in [1.165, 1.54) is 4.90 Å². The van der Waals surface area contributed by atoms with Crippen LogP contribution in [0.15, 0.2) is 18.2 Å². The van der Waals surface area contributed by atoms with Gasteiger partial charge >= 0.3 is 6.03 Å². The maximum atomic E-state index is 12.6. The van der Waals surface area contributed by atoms with Crippen molar-refractivity contribution in [2.45, 2.75) is 63.5 Å². The summed E-state index contributed by atoms with van der Waals surface area (Å²) in [5.74, 6) is -0.301. The van der Waals surface area contributed by atoms with Crippen molar-refractivity contribution in [3.63, 3.8) is 0 Å². The van der Waals surface area contributed by atoms with Crippen molar-refractivity contribution in [3.8, 4) is 0 Å². The second-order valence-electron chi connectivity index (χ2n) is 8.08. The lowest BCUT2D eigenvalue weighted by molar-refractivity contribution is -0.131. The van der Waals surface area contributed by atoms with Gasteiger partial charge in [0.05, 0.1) is 15.6 Å². The normalized spacial score (nSPS) is 18.6. The van der Waals surface area contributed by atoms with Crippen LogP contribution in [0.2, 0.25) is 10.0 Å². The van der Waals surface area contributed by atoms with Gasteiger partial charge in [0.1, 0.15) is 5.54 Å². The predicted molar refractivity (Wildman–Crippen MR) is 108 cm³/mol. The molecule has 1 aromatic rings.